The number of halogens is 1. The highest BCUT2D eigenvalue weighted by atomic mass is 19.1. The van der Waals surface area contributed by atoms with E-state index in [1.54, 1.807) is 6.92 Å². The van der Waals surface area contributed by atoms with Gasteiger partial charge in [0.25, 0.3) is 5.89 Å². The first-order valence-corrected chi connectivity index (χ1v) is 7.37. The van der Waals surface area contributed by atoms with Gasteiger partial charge < -0.3 is 14.2 Å². The Morgan fingerprint density at radius 2 is 2.14 bits per heavy atom. The lowest BCUT2D eigenvalue weighted by Crippen LogP contribution is -2.43. The first kappa shape index (κ1) is 13.6. The predicted molar refractivity (Wildman–Crippen MR) is 73.6 cm³/mol. The molecule has 0 radical (unpaired) electrons. The summed E-state index contributed by atoms with van der Waals surface area (Å²) in [6.45, 7) is 3.33. The van der Waals surface area contributed by atoms with Gasteiger partial charge in [0.2, 0.25) is 5.95 Å². The van der Waals surface area contributed by atoms with E-state index in [4.69, 9.17) is 9.26 Å². The van der Waals surface area contributed by atoms with E-state index in [-0.39, 0.29) is 12.2 Å². The minimum Gasteiger partial charge on any atom is -0.363 e. The molecular weight excluding hydrogens is 289 g/mol. The molecule has 2 saturated heterocycles. The maximum atomic E-state index is 12.9. The first-order chi connectivity index (χ1) is 10.7. The van der Waals surface area contributed by atoms with Crippen LogP contribution in [0.15, 0.2) is 16.9 Å². The molecule has 2 aliphatic heterocycles. The molecule has 22 heavy (non-hydrogen) atoms. The predicted octanol–water partition coefficient (Wildman–Crippen LogP) is 1.66. The van der Waals surface area contributed by atoms with Crippen LogP contribution in [0.3, 0.4) is 0 Å². The van der Waals surface area contributed by atoms with Gasteiger partial charge in [-0.25, -0.2) is 14.4 Å². The molecule has 4 rings (SSSR count). The Kier molecular flexibility index (Phi) is 3.25. The summed E-state index contributed by atoms with van der Waals surface area (Å²) in [6.07, 6.45) is 4.20. The molecule has 8 heteroatoms. The molecule has 0 spiro atoms. The molecule has 0 aliphatic carbocycles. The monoisotopic (exact) mass is 305 g/mol. The van der Waals surface area contributed by atoms with Gasteiger partial charge in [-0.3, -0.25) is 0 Å². The Labute approximate surface area is 126 Å². The van der Waals surface area contributed by atoms with Crippen LogP contribution in [-0.4, -0.2) is 39.3 Å². The van der Waals surface area contributed by atoms with Gasteiger partial charge in [-0.15, -0.1) is 0 Å². The standard InChI is InChI=1S/C14H16FN5O2/c1-8-18-13(22-19-8)11-4-9-2-3-20(7-12(9)21-11)14-16-5-10(15)6-17-14/h5-6,9,11-12H,2-4,7H2,1H3/t9-,11+,12+/m1/s1. The average Bonchev–Trinajstić information content (AvgIpc) is 3.13. The van der Waals surface area contributed by atoms with Gasteiger partial charge in [0, 0.05) is 13.1 Å². The summed E-state index contributed by atoms with van der Waals surface area (Å²) in [4.78, 5) is 14.4. The molecule has 116 valence electrons. The summed E-state index contributed by atoms with van der Waals surface area (Å²) in [6, 6.07) is 0. The smallest absolute Gasteiger partial charge is 0.255 e. The first-order valence-electron chi connectivity index (χ1n) is 7.37. The summed E-state index contributed by atoms with van der Waals surface area (Å²) in [7, 11) is 0. The topological polar surface area (TPSA) is 77.2 Å². The minimum absolute atomic E-state index is 0.0830. The lowest BCUT2D eigenvalue weighted by Gasteiger charge is -2.33. The maximum Gasteiger partial charge on any atom is 0.255 e. The van der Waals surface area contributed by atoms with Crippen molar-refractivity contribution in [2.75, 3.05) is 18.0 Å². The van der Waals surface area contributed by atoms with Crippen molar-refractivity contribution in [3.05, 3.63) is 29.9 Å². The molecule has 3 atom stereocenters. The number of hydrogen-bond donors (Lipinski definition) is 0. The van der Waals surface area contributed by atoms with Crippen LogP contribution in [0.4, 0.5) is 10.3 Å². The molecule has 0 bridgehead atoms. The number of ether oxygens (including phenoxy) is 1. The molecule has 2 fully saturated rings. The van der Waals surface area contributed by atoms with Crippen LogP contribution in [0.2, 0.25) is 0 Å². The average molecular weight is 305 g/mol. The van der Waals surface area contributed by atoms with Crippen LogP contribution in [0.5, 0.6) is 0 Å². The van der Waals surface area contributed by atoms with Crippen molar-refractivity contribution in [2.45, 2.75) is 32.0 Å². The molecule has 0 unspecified atom stereocenters. The molecule has 0 N–H and O–H groups in total. The second-order valence-electron chi connectivity index (χ2n) is 5.77. The number of nitrogens with zero attached hydrogens (tertiary/aromatic N) is 5. The summed E-state index contributed by atoms with van der Waals surface area (Å²) < 4.78 is 24.2. The maximum absolute atomic E-state index is 12.9. The van der Waals surface area contributed by atoms with Crippen molar-refractivity contribution >= 4 is 5.95 Å². The highest BCUT2D eigenvalue weighted by molar-refractivity contribution is 5.30. The number of piperidine rings is 1. The Balaban J connectivity index is 1.46. The van der Waals surface area contributed by atoms with Gasteiger partial charge in [-0.05, 0) is 25.7 Å². The van der Waals surface area contributed by atoms with Crippen LogP contribution >= 0.6 is 0 Å². The van der Waals surface area contributed by atoms with Crippen LogP contribution in [-0.2, 0) is 4.74 Å². The summed E-state index contributed by atoms with van der Waals surface area (Å²) in [5, 5.41) is 3.82. The fourth-order valence-electron chi connectivity index (χ4n) is 3.18. The fraction of sp³-hybridized carbons (Fsp3) is 0.571. The van der Waals surface area contributed by atoms with E-state index >= 15 is 0 Å². The summed E-state index contributed by atoms with van der Waals surface area (Å²) in [5.74, 6) is 1.75. The van der Waals surface area contributed by atoms with Crippen LogP contribution in [0.1, 0.15) is 30.7 Å². The normalized spacial score (nSPS) is 27.9. The van der Waals surface area contributed by atoms with Crippen molar-refractivity contribution in [2.24, 2.45) is 5.92 Å². The molecule has 2 aromatic rings. The Morgan fingerprint density at radius 3 is 2.86 bits per heavy atom. The lowest BCUT2D eigenvalue weighted by atomic mass is 9.92. The van der Waals surface area contributed by atoms with E-state index in [1.807, 2.05) is 4.90 Å². The highest BCUT2D eigenvalue weighted by Gasteiger charge is 2.42. The zero-order valence-electron chi connectivity index (χ0n) is 12.1. The Bertz CT molecular complexity index is 662. The fourth-order valence-corrected chi connectivity index (χ4v) is 3.18. The van der Waals surface area contributed by atoms with E-state index < -0.39 is 5.82 Å². The van der Waals surface area contributed by atoms with Crippen molar-refractivity contribution < 1.29 is 13.7 Å². The van der Waals surface area contributed by atoms with Crippen molar-refractivity contribution in [1.29, 1.82) is 0 Å². The van der Waals surface area contributed by atoms with E-state index in [0.29, 0.717) is 30.1 Å². The second kappa shape index (κ2) is 5.28. The van der Waals surface area contributed by atoms with Crippen LogP contribution in [0.25, 0.3) is 0 Å². The van der Waals surface area contributed by atoms with Gasteiger partial charge in [0.15, 0.2) is 11.6 Å². The largest absolute Gasteiger partial charge is 0.363 e. The summed E-state index contributed by atoms with van der Waals surface area (Å²) >= 11 is 0. The van der Waals surface area contributed by atoms with E-state index in [2.05, 4.69) is 20.1 Å². The molecule has 0 amide bonds. The Hall–Kier alpha value is -2.09. The molecule has 7 nitrogen and oxygen atoms in total. The number of hydrogen-bond acceptors (Lipinski definition) is 7. The zero-order valence-corrected chi connectivity index (χ0v) is 12.1. The van der Waals surface area contributed by atoms with Crippen molar-refractivity contribution in [3.63, 3.8) is 0 Å². The number of aromatic nitrogens is 4. The van der Waals surface area contributed by atoms with Crippen LogP contribution in [0, 0.1) is 18.7 Å². The third kappa shape index (κ3) is 2.43. The highest BCUT2D eigenvalue weighted by Crippen LogP contribution is 2.40. The van der Waals surface area contributed by atoms with E-state index in [1.165, 1.54) is 12.4 Å². The third-order valence-corrected chi connectivity index (χ3v) is 4.26. The quantitative estimate of drug-likeness (QED) is 0.835. The molecule has 0 saturated carbocycles. The number of aryl methyl sites for hydroxylation is 1. The third-order valence-electron chi connectivity index (χ3n) is 4.26. The van der Waals surface area contributed by atoms with E-state index in [9.17, 15) is 4.39 Å². The number of fused-ring (bicyclic) bond motifs is 1. The molecule has 2 aliphatic rings. The minimum atomic E-state index is -0.428. The van der Waals surface area contributed by atoms with Gasteiger partial charge >= 0.3 is 0 Å². The van der Waals surface area contributed by atoms with Gasteiger partial charge in [-0.1, -0.05) is 5.16 Å². The molecule has 0 aromatic carbocycles. The van der Waals surface area contributed by atoms with Gasteiger partial charge in [0.05, 0.1) is 18.5 Å². The summed E-state index contributed by atoms with van der Waals surface area (Å²) in [5.41, 5.74) is 0. The van der Waals surface area contributed by atoms with E-state index in [0.717, 1.165) is 19.4 Å². The number of rotatable bonds is 2. The molecule has 2 aromatic heterocycles. The van der Waals surface area contributed by atoms with Crippen molar-refractivity contribution in [1.82, 2.24) is 20.1 Å². The number of anilines is 1. The van der Waals surface area contributed by atoms with Gasteiger partial charge in [0.1, 0.15) is 6.10 Å². The Morgan fingerprint density at radius 1 is 1.32 bits per heavy atom. The lowest BCUT2D eigenvalue weighted by molar-refractivity contribution is 0.0162. The second-order valence-corrected chi connectivity index (χ2v) is 5.77. The molecular formula is C14H16FN5O2. The van der Waals surface area contributed by atoms with Gasteiger partial charge in [-0.2, -0.15) is 4.98 Å². The van der Waals surface area contributed by atoms with Crippen molar-refractivity contribution in [3.8, 4) is 0 Å². The zero-order chi connectivity index (χ0) is 15.1. The SMILES string of the molecule is Cc1noc([C@@H]2C[C@H]3CCN(c4ncc(F)cn4)C[C@@H]3O2)n1. The van der Waals surface area contributed by atoms with Crippen LogP contribution < -0.4 is 4.90 Å². The molecule has 4 heterocycles.